The molecule has 1 aliphatic heterocycles. The molecule has 0 spiro atoms. The molecule has 3 rings (SSSR count). The number of aliphatic hydroxyl groups is 2. The Balaban J connectivity index is 1.73. The van der Waals surface area contributed by atoms with Crippen LogP contribution in [0.3, 0.4) is 0 Å². The van der Waals surface area contributed by atoms with Gasteiger partial charge in [-0.05, 0) is 30.9 Å². The lowest BCUT2D eigenvalue weighted by Crippen LogP contribution is -2.49. The zero-order valence-corrected chi connectivity index (χ0v) is 22.7. The molecule has 0 aliphatic carbocycles. The summed E-state index contributed by atoms with van der Waals surface area (Å²) in [6.45, 7) is 6.85. The fraction of sp³-hybridized carbons (Fsp3) is 0.444. The van der Waals surface area contributed by atoms with Gasteiger partial charge in [0.1, 0.15) is 18.4 Å². The van der Waals surface area contributed by atoms with Crippen molar-refractivity contribution in [2.75, 3.05) is 13.2 Å². The zero-order chi connectivity index (χ0) is 28.0. The van der Waals surface area contributed by atoms with Gasteiger partial charge < -0.3 is 25.2 Å². The van der Waals surface area contributed by atoms with Crippen LogP contribution in [0.25, 0.3) is 10.4 Å². The summed E-state index contributed by atoms with van der Waals surface area (Å²) < 4.78 is 4.84. The van der Waals surface area contributed by atoms with E-state index in [1.54, 1.807) is 30.7 Å². The lowest BCUT2D eigenvalue weighted by atomic mass is 9.91. The van der Waals surface area contributed by atoms with E-state index < -0.39 is 41.5 Å². The van der Waals surface area contributed by atoms with Crippen molar-refractivity contribution in [3.05, 3.63) is 52.9 Å². The van der Waals surface area contributed by atoms with Crippen LogP contribution in [0.2, 0.25) is 0 Å². The van der Waals surface area contributed by atoms with E-state index in [4.69, 9.17) is 10.1 Å². The molecule has 10 nitrogen and oxygen atoms in total. The van der Waals surface area contributed by atoms with E-state index in [2.05, 4.69) is 10.3 Å². The van der Waals surface area contributed by atoms with Gasteiger partial charge in [-0.3, -0.25) is 19.8 Å². The number of benzene rings is 1. The van der Waals surface area contributed by atoms with Gasteiger partial charge in [0.25, 0.3) is 0 Å². The Kier molecular flexibility index (Phi) is 9.76. The van der Waals surface area contributed by atoms with Crippen molar-refractivity contribution in [3.63, 3.8) is 0 Å². The Hall–Kier alpha value is -3.57. The molecular formula is C27H34N4O6S. The van der Waals surface area contributed by atoms with Crippen molar-refractivity contribution >= 4 is 35.3 Å². The second kappa shape index (κ2) is 12.8. The van der Waals surface area contributed by atoms with E-state index in [9.17, 15) is 24.6 Å². The molecule has 38 heavy (non-hydrogen) atoms. The van der Waals surface area contributed by atoms with Crippen molar-refractivity contribution in [1.82, 2.24) is 15.2 Å². The smallest absolute Gasteiger partial charge is 0.243 e. The van der Waals surface area contributed by atoms with Gasteiger partial charge in [0.15, 0.2) is 6.29 Å². The van der Waals surface area contributed by atoms with Crippen LogP contribution in [0.5, 0.6) is 0 Å². The third kappa shape index (κ3) is 6.84. The summed E-state index contributed by atoms with van der Waals surface area (Å²) >= 11 is 1.56. The number of amides is 2. The number of aldehydes is 1. The predicted molar refractivity (Wildman–Crippen MR) is 144 cm³/mol. The number of nitrogens with zero attached hydrogens (tertiary/aromatic N) is 2. The van der Waals surface area contributed by atoms with Gasteiger partial charge in [-0.15, -0.1) is 11.3 Å². The number of aliphatic hydroxyl groups excluding tert-OH is 2. The highest BCUT2D eigenvalue weighted by molar-refractivity contribution is 7.13. The largest absolute Gasteiger partial charge is 0.511 e. The number of aromatic nitrogens is 1. The van der Waals surface area contributed by atoms with E-state index in [1.165, 1.54) is 4.90 Å². The highest BCUT2D eigenvalue weighted by Gasteiger charge is 2.43. The van der Waals surface area contributed by atoms with Crippen LogP contribution in [-0.4, -0.2) is 69.4 Å². The van der Waals surface area contributed by atoms with Crippen LogP contribution in [0.1, 0.15) is 44.5 Å². The average Bonchev–Trinajstić information content (AvgIpc) is 3.48. The second-order valence-electron chi connectivity index (χ2n) is 9.65. The van der Waals surface area contributed by atoms with Gasteiger partial charge in [0, 0.05) is 19.0 Å². The van der Waals surface area contributed by atoms with Crippen LogP contribution in [0, 0.1) is 24.2 Å². The molecule has 2 heterocycles. The van der Waals surface area contributed by atoms with Crippen LogP contribution < -0.4 is 5.32 Å². The molecule has 1 aromatic carbocycles. The quantitative estimate of drug-likeness (QED) is 0.156. The first-order valence-electron chi connectivity index (χ1n) is 12.4. The Morgan fingerprint density at radius 3 is 2.55 bits per heavy atom. The maximum atomic E-state index is 13.5. The van der Waals surface area contributed by atoms with Crippen molar-refractivity contribution in [1.29, 1.82) is 5.41 Å². The van der Waals surface area contributed by atoms with Crippen LogP contribution in [-0.2, 0) is 19.1 Å². The molecule has 4 N–H and O–H groups in total. The molecule has 1 saturated heterocycles. The van der Waals surface area contributed by atoms with Crippen LogP contribution in [0.4, 0.5) is 0 Å². The molecule has 1 aliphatic rings. The summed E-state index contributed by atoms with van der Waals surface area (Å²) in [5, 5.41) is 31.6. The number of thiazole rings is 1. The average molecular weight is 543 g/mol. The molecule has 1 aromatic heterocycles. The summed E-state index contributed by atoms with van der Waals surface area (Å²) in [6.07, 6.45) is 0.630. The first-order valence-corrected chi connectivity index (χ1v) is 13.3. The number of carbonyl (C=O) groups excluding carboxylic acids is 3. The molecule has 0 saturated carbocycles. The van der Waals surface area contributed by atoms with E-state index in [1.807, 2.05) is 38.1 Å². The molecule has 4 atom stereocenters. The number of hydrogen-bond donors (Lipinski definition) is 4. The number of rotatable bonds is 10. The topological polar surface area (TPSA) is 153 Å². The maximum Gasteiger partial charge on any atom is 0.243 e. The Morgan fingerprint density at radius 1 is 1.29 bits per heavy atom. The first kappa shape index (κ1) is 29.0. The predicted octanol–water partition coefficient (Wildman–Crippen LogP) is 3.16. The zero-order valence-electron chi connectivity index (χ0n) is 21.9. The molecular weight excluding hydrogens is 508 g/mol. The first-order chi connectivity index (χ1) is 18.0. The third-order valence-electron chi connectivity index (χ3n) is 6.48. The van der Waals surface area contributed by atoms with Crippen molar-refractivity contribution in [2.24, 2.45) is 11.8 Å². The highest BCUT2D eigenvalue weighted by atomic mass is 32.1. The third-order valence-corrected chi connectivity index (χ3v) is 7.46. The van der Waals surface area contributed by atoms with Gasteiger partial charge in [0.2, 0.25) is 17.7 Å². The molecule has 2 aromatic rings. The van der Waals surface area contributed by atoms with E-state index in [0.717, 1.165) is 27.8 Å². The van der Waals surface area contributed by atoms with Crippen molar-refractivity contribution < 1.29 is 29.3 Å². The SMILES string of the molecule is Cc1ncsc1-c1ccc([C@H](C)NC(=O)[C@@H]2C[C@@H](O)CN2C(=O)[C@@H](/C(O)=C/C(=N)OCC=O)C(C)C)cc1. The molecule has 11 heteroatoms. The summed E-state index contributed by atoms with van der Waals surface area (Å²) in [6, 6.07) is 6.56. The molecule has 204 valence electrons. The second-order valence-corrected chi connectivity index (χ2v) is 10.5. The summed E-state index contributed by atoms with van der Waals surface area (Å²) in [5.41, 5.74) is 4.69. The van der Waals surface area contributed by atoms with Gasteiger partial charge in [-0.2, -0.15) is 0 Å². The van der Waals surface area contributed by atoms with Crippen LogP contribution in [0.15, 0.2) is 41.6 Å². The number of ether oxygens (including phenoxy) is 1. The lowest BCUT2D eigenvalue weighted by molar-refractivity contribution is -0.142. The lowest BCUT2D eigenvalue weighted by Gasteiger charge is -2.30. The van der Waals surface area contributed by atoms with E-state index in [-0.39, 0.29) is 31.5 Å². The number of nitrogens with one attached hydrogen (secondary N) is 2. The highest BCUT2D eigenvalue weighted by Crippen LogP contribution is 2.30. The molecule has 2 amide bonds. The molecule has 0 radical (unpaired) electrons. The minimum atomic E-state index is -1.06. The standard InChI is InChI=1S/C27H34N4O6S/c1-15(2)24(22(34)12-23(28)37-10-9-32)27(36)31-13-20(33)11-21(31)26(35)30-16(3)18-5-7-19(8-6-18)25-17(4)29-14-38-25/h5-9,12,14-16,20-21,24,28,33-34H,10-11,13H2,1-4H3,(H,30,35)/b22-12-,28-23?/t16-,20+,21-,24+/m0/s1. The fourth-order valence-electron chi connectivity index (χ4n) is 4.52. The van der Waals surface area contributed by atoms with Gasteiger partial charge in [-0.1, -0.05) is 38.1 Å². The Labute approximate surface area is 225 Å². The normalized spacial score (nSPS) is 19.2. The maximum absolute atomic E-state index is 13.5. The number of β-amino-alcohol motifs (C(OH)–C–C–N with tert-alkyl or cyclic N) is 1. The monoisotopic (exact) mass is 542 g/mol. The van der Waals surface area contributed by atoms with E-state index in [0.29, 0.717) is 6.29 Å². The van der Waals surface area contributed by atoms with Crippen molar-refractivity contribution in [2.45, 2.75) is 52.3 Å². The van der Waals surface area contributed by atoms with E-state index >= 15 is 0 Å². The Bertz CT molecular complexity index is 1190. The van der Waals surface area contributed by atoms with Gasteiger partial charge in [-0.25, -0.2) is 4.98 Å². The Morgan fingerprint density at radius 2 is 1.97 bits per heavy atom. The fourth-order valence-corrected chi connectivity index (χ4v) is 5.33. The summed E-state index contributed by atoms with van der Waals surface area (Å²) in [7, 11) is 0. The van der Waals surface area contributed by atoms with Gasteiger partial charge in [0.05, 0.1) is 34.1 Å². The summed E-state index contributed by atoms with van der Waals surface area (Å²) in [5.74, 6) is -3.25. The molecule has 0 bridgehead atoms. The minimum absolute atomic E-state index is 0.0518. The number of carbonyl (C=O) groups is 3. The number of aryl methyl sites for hydroxylation is 1. The number of hydrogen-bond acceptors (Lipinski definition) is 9. The van der Waals surface area contributed by atoms with Crippen molar-refractivity contribution in [3.8, 4) is 10.4 Å². The van der Waals surface area contributed by atoms with Crippen LogP contribution >= 0.6 is 11.3 Å². The van der Waals surface area contributed by atoms with Gasteiger partial charge >= 0.3 is 0 Å². The molecule has 0 unspecified atom stereocenters. The number of likely N-dealkylation sites (tertiary alicyclic amines) is 1. The summed E-state index contributed by atoms with van der Waals surface area (Å²) in [4.78, 5) is 43.9. The molecule has 1 fully saturated rings. The minimum Gasteiger partial charge on any atom is -0.511 e.